The fourth-order valence-electron chi connectivity index (χ4n) is 6.58. The Balaban J connectivity index is 1.29. The summed E-state index contributed by atoms with van der Waals surface area (Å²) in [4.78, 5) is 57.4. The SMILES string of the molecule is CCn1c(C)cc(C)c(C(=O)N2C[C@@H]3NC(=O)CN(C4CC4)C(=O)CCc4ccc(c(OC)c4)Oc4cccc(c4)CO[C@H]3C2)c1=O. The molecule has 1 saturated carbocycles. The number of carbonyl (C=O) groups excluding carboxylic acids is 3. The van der Waals surface area contributed by atoms with Crippen molar-refractivity contribution >= 4 is 17.7 Å². The maximum Gasteiger partial charge on any atom is 0.263 e. The third-order valence-electron chi connectivity index (χ3n) is 9.20. The van der Waals surface area contributed by atoms with Crippen molar-refractivity contribution in [1.82, 2.24) is 19.7 Å². The van der Waals surface area contributed by atoms with Gasteiger partial charge in [0.15, 0.2) is 11.5 Å². The zero-order chi connectivity index (χ0) is 33.2. The van der Waals surface area contributed by atoms with Crippen LogP contribution in [0, 0.1) is 13.8 Å². The lowest BCUT2D eigenvalue weighted by Crippen LogP contribution is -2.49. The van der Waals surface area contributed by atoms with E-state index in [-0.39, 0.29) is 67.5 Å². The largest absolute Gasteiger partial charge is 0.493 e. The molecule has 0 unspecified atom stereocenters. The molecule has 11 heteroatoms. The average Bonchev–Trinajstić information content (AvgIpc) is 3.81. The summed E-state index contributed by atoms with van der Waals surface area (Å²) in [5.41, 5.74) is 2.98. The first-order valence-corrected chi connectivity index (χ1v) is 16.3. The van der Waals surface area contributed by atoms with Gasteiger partial charge >= 0.3 is 0 Å². The molecule has 0 radical (unpaired) electrons. The van der Waals surface area contributed by atoms with E-state index in [9.17, 15) is 19.2 Å². The molecule has 11 nitrogen and oxygen atoms in total. The van der Waals surface area contributed by atoms with E-state index in [2.05, 4.69) is 5.32 Å². The Kier molecular flexibility index (Phi) is 9.35. The molecule has 4 heterocycles. The number of likely N-dealkylation sites (tertiary alicyclic amines) is 1. The molecule has 4 aliphatic rings. The normalized spacial score (nSPS) is 20.5. The molecule has 47 heavy (non-hydrogen) atoms. The molecule has 0 spiro atoms. The number of aromatic nitrogens is 1. The molecule has 2 aromatic carbocycles. The van der Waals surface area contributed by atoms with Crippen LogP contribution in [0.1, 0.15) is 58.9 Å². The molecular weight excluding hydrogens is 600 g/mol. The third-order valence-corrected chi connectivity index (χ3v) is 9.20. The first-order chi connectivity index (χ1) is 22.6. The standard InChI is InChI=1S/C36H42N4O7/c1-5-39-23(3)15-22(2)34(36(39)44)35(43)38-18-28-31(19-38)46-21-25-7-6-8-27(16-25)47-29-13-9-24(17-30(29)45-4)10-14-33(42)40(26-11-12-26)20-32(41)37-28/h6-9,13,15-17,26,28,31H,5,10-12,14,18-21H2,1-4H3,(H,37,41)/t28-,31-/m0/s1. The monoisotopic (exact) mass is 642 g/mol. The molecule has 3 aliphatic heterocycles. The fourth-order valence-corrected chi connectivity index (χ4v) is 6.58. The van der Waals surface area contributed by atoms with Crippen LogP contribution in [0.5, 0.6) is 17.2 Å². The lowest BCUT2D eigenvalue weighted by Gasteiger charge is -2.25. The summed E-state index contributed by atoms with van der Waals surface area (Å²) >= 11 is 0. The number of hydrogen-bond donors (Lipinski definition) is 1. The van der Waals surface area contributed by atoms with Gasteiger partial charge in [-0.25, -0.2) is 0 Å². The van der Waals surface area contributed by atoms with Gasteiger partial charge in [-0.1, -0.05) is 18.2 Å². The van der Waals surface area contributed by atoms with Gasteiger partial charge in [0.2, 0.25) is 11.8 Å². The Morgan fingerprint density at radius 2 is 1.81 bits per heavy atom. The number of ether oxygens (including phenoxy) is 3. The highest BCUT2D eigenvalue weighted by molar-refractivity contribution is 5.95. The van der Waals surface area contributed by atoms with Crippen LogP contribution in [0.25, 0.3) is 0 Å². The molecule has 7 rings (SSSR count). The minimum Gasteiger partial charge on any atom is -0.493 e. The lowest BCUT2D eigenvalue weighted by molar-refractivity contribution is -0.137. The van der Waals surface area contributed by atoms with Crippen molar-refractivity contribution < 1.29 is 28.6 Å². The zero-order valence-corrected chi connectivity index (χ0v) is 27.4. The molecule has 2 atom stereocenters. The van der Waals surface area contributed by atoms with E-state index in [1.54, 1.807) is 28.4 Å². The van der Waals surface area contributed by atoms with E-state index in [0.717, 1.165) is 29.7 Å². The van der Waals surface area contributed by atoms with Gasteiger partial charge in [0, 0.05) is 37.8 Å². The molecule has 1 aliphatic carbocycles. The van der Waals surface area contributed by atoms with E-state index in [0.29, 0.717) is 35.8 Å². The van der Waals surface area contributed by atoms with Crippen LogP contribution in [0.2, 0.25) is 0 Å². The van der Waals surface area contributed by atoms with Gasteiger partial charge in [0.25, 0.3) is 11.5 Å². The Bertz CT molecular complexity index is 1750. The van der Waals surface area contributed by atoms with E-state index in [1.165, 1.54) is 0 Å². The molecule has 1 saturated heterocycles. The third kappa shape index (κ3) is 7.05. The van der Waals surface area contributed by atoms with Crippen molar-refractivity contribution in [3.8, 4) is 17.2 Å². The maximum atomic E-state index is 13.9. The summed E-state index contributed by atoms with van der Waals surface area (Å²) in [5.74, 6) is 0.915. The first kappa shape index (κ1) is 32.3. The van der Waals surface area contributed by atoms with Gasteiger partial charge < -0.3 is 33.9 Å². The van der Waals surface area contributed by atoms with Crippen LogP contribution < -0.4 is 20.3 Å². The number of rotatable bonds is 4. The van der Waals surface area contributed by atoms with E-state index in [1.807, 2.05) is 62.4 Å². The summed E-state index contributed by atoms with van der Waals surface area (Å²) in [5, 5.41) is 3.06. The molecule has 2 fully saturated rings. The van der Waals surface area contributed by atoms with E-state index in [4.69, 9.17) is 14.2 Å². The number of hydrogen-bond acceptors (Lipinski definition) is 7. The predicted octanol–water partition coefficient (Wildman–Crippen LogP) is 3.75. The maximum absolute atomic E-state index is 13.9. The first-order valence-electron chi connectivity index (χ1n) is 16.3. The number of fused-ring (bicyclic) bond motifs is 9. The number of amides is 3. The number of aryl methyl sites for hydroxylation is 3. The fraction of sp³-hybridized carbons (Fsp3) is 0.444. The Hall–Kier alpha value is -4.64. The average molecular weight is 643 g/mol. The number of methoxy groups -OCH3 is 1. The zero-order valence-electron chi connectivity index (χ0n) is 27.4. The number of nitrogens with one attached hydrogen (secondary N) is 1. The Labute approximate surface area is 274 Å². The molecule has 248 valence electrons. The molecule has 3 aromatic rings. The van der Waals surface area contributed by atoms with Gasteiger partial charge in [-0.2, -0.15) is 0 Å². The van der Waals surface area contributed by atoms with Crippen molar-refractivity contribution in [3.63, 3.8) is 0 Å². The van der Waals surface area contributed by atoms with Crippen LogP contribution in [0.15, 0.2) is 53.3 Å². The summed E-state index contributed by atoms with van der Waals surface area (Å²) in [7, 11) is 1.58. The summed E-state index contributed by atoms with van der Waals surface area (Å²) in [6.07, 6.45) is 1.91. The smallest absolute Gasteiger partial charge is 0.263 e. The van der Waals surface area contributed by atoms with Crippen LogP contribution in [0.4, 0.5) is 0 Å². The number of nitrogens with zero attached hydrogens (tertiary/aromatic N) is 3. The minimum absolute atomic E-state index is 0.0397. The predicted molar refractivity (Wildman–Crippen MR) is 175 cm³/mol. The summed E-state index contributed by atoms with van der Waals surface area (Å²) < 4.78 is 19.8. The minimum atomic E-state index is -0.550. The number of benzene rings is 2. The van der Waals surface area contributed by atoms with Gasteiger partial charge in [-0.05, 0) is 87.1 Å². The van der Waals surface area contributed by atoms with Gasteiger partial charge in [0.05, 0.1) is 32.4 Å². The summed E-state index contributed by atoms with van der Waals surface area (Å²) in [6.45, 7) is 6.43. The second-order valence-electron chi connectivity index (χ2n) is 12.6. The highest BCUT2D eigenvalue weighted by Crippen LogP contribution is 2.34. The number of carbonyl (C=O) groups is 3. The molecule has 4 bridgehead atoms. The topological polar surface area (TPSA) is 119 Å². The second-order valence-corrected chi connectivity index (χ2v) is 12.6. The quantitative estimate of drug-likeness (QED) is 0.461. The van der Waals surface area contributed by atoms with Crippen LogP contribution >= 0.6 is 0 Å². The highest BCUT2D eigenvalue weighted by Gasteiger charge is 2.40. The van der Waals surface area contributed by atoms with Gasteiger partial charge in [0.1, 0.15) is 11.3 Å². The van der Waals surface area contributed by atoms with Crippen molar-refractivity contribution in [2.75, 3.05) is 26.7 Å². The summed E-state index contributed by atoms with van der Waals surface area (Å²) in [6, 6.07) is 14.5. The number of pyridine rings is 1. The van der Waals surface area contributed by atoms with Gasteiger partial charge in [-0.15, -0.1) is 0 Å². The van der Waals surface area contributed by atoms with Crippen molar-refractivity contribution in [3.05, 3.63) is 86.8 Å². The van der Waals surface area contributed by atoms with Crippen LogP contribution in [0.3, 0.4) is 0 Å². The molecular formula is C36H42N4O7. The molecule has 1 N–H and O–H groups in total. The molecule has 1 aromatic heterocycles. The Morgan fingerprint density at radius 1 is 1.00 bits per heavy atom. The lowest BCUT2D eigenvalue weighted by atomic mass is 10.1. The molecule has 3 amide bonds. The van der Waals surface area contributed by atoms with Crippen LogP contribution in [-0.4, -0.2) is 77.0 Å². The Morgan fingerprint density at radius 3 is 2.55 bits per heavy atom. The van der Waals surface area contributed by atoms with Crippen molar-refractivity contribution in [2.24, 2.45) is 0 Å². The van der Waals surface area contributed by atoms with Crippen LogP contribution in [-0.2, 0) is 33.9 Å². The van der Waals surface area contributed by atoms with Gasteiger partial charge in [-0.3, -0.25) is 19.2 Å². The highest BCUT2D eigenvalue weighted by atomic mass is 16.5. The van der Waals surface area contributed by atoms with E-state index >= 15 is 0 Å². The van der Waals surface area contributed by atoms with E-state index < -0.39 is 12.1 Å². The van der Waals surface area contributed by atoms with Crippen molar-refractivity contribution in [2.45, 2.75) is 77.8 Å². The second kappa shape index (κ2) is 13.6. The van der Waals surface area contributed by atoms with Crippen molar-refractivity contribution in [1.29, 1.82) is 0 Å².